The Balaban J connectivity index is 1.79. The van der Waals surface area contributed by atoms with Crippen LogP contribution in [0, 0.1) is 6.92 Å². The first-order valence-corrected chi connectivity index (χ1v) is 8.36. The van der Waals surface area contributed by atoms with Gasteiger partial charge in [0, 0.05) is 5.56 Å². The molecule has 0 atom stereocenters. The average Bonchev–Trinajstić information content (AvgIpc) is 2.95. The summed E-state index contributed by atoms with van der Waals surface area (Å²) >= 11 is 1.25. The fraction of sp³-hybridized carbons (Fsp3) is 0.278. The predicted octanol–water partition coefficient (Wildman–Crippen LogP) is 5.35. The molecule has 0 saturated heterocycles. The number of thiazole rings is 1. The third kappa shape index (κ3) is 4.11. The van der Waals surface area contributed by atoms with E-state index in [2.05, 4.69) is 4.98 Å². The highest BCUT2D eigenvalue weighted by molar-refractivity contribution is 7.18. The van der Waals surface area contributed by atoms with E-state index in [9.17, 15) is 13.2 Å². The van der Waals surface area contributed by atoms with E-state index >= 15 is 0 Å². The number of hydrogen-bond acceptors (Lipinski definition) is 4. The SMILES string of the molecule is COc1ccc(COCc2cc(C(F)(F)F)cc3sc(C)nc23)cc1. The zero-order valence-corrected chi connectivity index (χ0v) is 14.5. The van der Waals surface area contributed by atoms with Crippen LogP contribution in [0.3, 0.4) is 0 Å². The summed E-state index contributed by atoms with van der Waals surface area (Å²) in [6.07, 6.45) is -4.39. The molecule has 0 amide bonds. The van der Waals surface area contributed by atoms with Gasteiger partial charge in [0.05, 0.1) is 41.1 Å². The van der Waals surface area contributed by atoms with E-state index in [0.717, 1.165) is 28.5 Å². The molecule has 0 spiro atoms. The van der Waals surface area contributed by atoms with Crippen molar-refractivity contribution in [2.24, 2.45) is 0 Å². The number of rotatable bonds is 5. The van der Waals surface area contributed by atoms with Crippen LogP contribution in [0.15, 0.2) is 36.4 Å². The van der Waals surface area contributed by atoms with Crippen LogP contribution < -0.4 is 4.74 Å². The van der Waals surface area contributed by atoms with Crippen LogP contribution in [-0.4, -0.2) is 12.1 Å². The molecule has 3 aromatic rings. The monoisotopic (exact) mass is 367 g/mol. The Bertz CT molecular complexity index is 872. The van der Waals surface area contributed by atoms with Crippen molar-refractivity contribution in [2.45, 2.75) is 26.3 Å². The number of ether oxygens (including phenoxy) is 2. The summed E-state index contributed by atoms with van der Waals surface area (Å²) in [5.41, 5.74) is 1.26. The molecule has 0 aliphatic heterocycles. The molecular formula is C18H16F3NO2S. The summed E-state index contributed by atoms with van der Waals surface area (Å²) < 4.78 is 50.5. The van der Waals surface area contributed by atoms with Gasteiger partial charge in [0.15, 0.2) is 0 Å². The molecule has 3 nitrogen and oxygen atoms in total. The van der Waals surface area contributed by atoms with Gasteiger partial charge >= 0.3 is 6.18 Å². The second-order valence-corrected chi connectivity index (χ2v) is 6.79. The molecule has 0 aliphatic rings. The first-order chi connectivity index (χ1) is 11.9. The Kier molecular flexibility index (Phi) is 4.96. The van der Waals surface area contributed by atoms with Crippen molar-refractivity contribution in [3.8, 4) is 5.75 Å². The molecule has 0 aliphatic carbocycles. The highest BCUT2D eigenvalue weighted by atomic mass is 32.1. The van der Waals surface area contributed by atoms with Gasteiger partial charge in [-0.1, -0.05) is 12.1 Å². The van der Waals surface area contributed by atoms with Gasteiger partial charge < -0.3 is 9.47 Å². The quantitative estimate of drug-likeness (QED) is 0.609. The van der Waals surface area contributed by atoms with Gasteiger partial charge in [-0.15, -0.1) is 11.3 Å². The van der Waals surface area contributed by atoms with Gasteiger partial charge in [-0.3, -0.25) is 0 Å². The van der Waals surface area contributed by atoms with Crippen molar-refractivity contribution >= 4 is 21.6 Å². The zero-order chi connectivity index (χ0) is 18.0. The standard InChI is InChI=1S/C18H16F3NO2S/c1-11-22-17-13(7-14(18(19,20)21)8-16(17)25-11)10-24-9-12-3-5-15(23-2)6-4-12/h3-8H,9-10H2,1-2H3. The number of halogens is 3. The van der Waals surface area contributed by atoms with Crippen LogP contribution in [0.1, 0.15) is 21.7 Å². The number of hydrogen-bond donors (Lipinski definition) is 0. The number of methoxy groups -OCH3 is 1. The van der Waals surface area contributed by atoms with Gasteiger partial charge in [-0.25, -0.2) is 4.98 Å². The molecule has 25 heavy (non-hydrogen) atoms. The van der Waals surface area contributed by atoms with Gasteiger partial charge in [-0.05, 0) is 36.8 Å². The molecule has 0 radical (unpaired) electrons. The van der Waals surface area contributed by atoms with Crippen molar-refractivity contribution in [3.05, 3.63) is 58.1 Å². The second kappa shape index (κ2) is 7.01. The summed E-state index contributed by atoms with van der Waals surface area (Å²) in [7, 11) is 1.58. The molecule has 0 N–H and O–H groups in total. The Morgan fingerprint density at radius 2 is 1.80 bits per heavy atom. The number of alkyl halides is 3. The van der Waals surface area contributed by atoms with Crippen molar-refractivity contribution in [3.63, 3.8) is 0 Å². The van der Waals surface area contributed by atoms with E-state index in [1.165, 1.54) is 11.3 Å². The van der Waals surface area contributed by atoms with Crippen molar-refractivity contribution in [2.75, 3.05) is 7.11 Å². The molecule has 7 heteroatoms. The maximum Gasteiger partial charge on any atom is 0.416 e. The Morgan fingerprint density at radius 3 is 2.44 bits per heavy atom. The van der Waals surface area contributed by atoms with E-state index < -0.39 is 11.7 Å². The molecule has 1 aromatic heterocycles. The minimum atomic E-state index is -4.39. The lowest BCUT2D eigenvalue weighted by Crippen LogP contribution is -2.06. The molecule has 0 unspecified atom stereocenters. The number of nitrogens with zero attached hydrogens (tertiary/aromatic N) is 1. The maximum absolute atomic E-state index is 13.1. The van der Waals surface area contributed by atoms with E-state index in [1.54, 1.807) is 14.0 Å². The predicted molar refractivity (Wildman–Crippen MR) is 90.8 cm³/mol. The summed E-state index contributed by atoms with van der Waals surface area (Å²) in [6.45, 7) is 2.14. The first-order valence-electron chi connectivity index (χ1n) is 7.55. The molecular weight excluding hydrogens is 351 g/mol. The Hall–Kier alpha value is -2.12. The zero-order valence-electron chi connectivity index (χ0n) is 13.7. The van der Waals surface area contributed by atoms with Crippen molar-refractivity contribution in [1.82, 2.24) is 4.98 Å². The molecule has 0 saturated carbocycles. The van der Waals surface area contributed by atoms with Gasteiger partial charge in [0.1, 0.15) is 5.75 Å². The van der Waals surface area contributed by atoms with Crippen LogP contribution in [-0.2, 0) is 24.1 Å². The minimum absolute atomic E-state index is 0.0651. The van der Waals surface area contributed by atoms with Crippen molar-refractivity contribution < 1.29 is 22.6 Å². The Labute approximate surface area is 147 Å². The molecule has 2 aromatic carbocycles. The number of aromatic nitrogens is 1. The second-order valence-electron chi connectivity index (χ2n) is 5.55. The van der Waals surface area contributed by atoms with Crippen LogP contribution >= 0.6 is 11.3 Å². The lowest BCUT2D eigenvalue weighted by Gasteiger charge is -2.11. The summed E-state index contributed by atoms with van der Waals surface area (Å²) in [4.78, 5) is 4.34. The third-order valence-electron chi connectivity index (χ3n) is 3.69. The average molecular weight is 367 g/mol. The van der Waals surface area contributed by atoms with Gasteiger partial charge in [0.2, 0.25) is 0 Å². The third-order valence-corrected chi connectivity index (χ3v) is 4.61. The molecule has 1 heterocycles. The summed E-state index contributed by atoms with van der Waals surface area (Å²) in [5.74, 6) is 0.737. The lowest BCUT2D eigenvalue weighted by molar-refractivity contribution is -0.137. The van der Waals surface area contributed by atoms with Crippen molar-refractivity contribution in [1.29, 1.82) is 0 Å². The number of fused-ring (bicyclic) bond motifs is 1. The first kappa shape index (κ1) is 17.7. The lowest BCUT2D eigenvalue weighted by atomic mass is 10.1. The normalized spacial score (nSPS) is 11.9. The summed E-state index contributed by atoms with van der Waals surface area (Å²) in [6, 6.07) is 9.60. The highest BCUT2D eigenvalue weighted by Gasteiger charge is 2.31. The fourth-order valence-corrected chi connectivity index (χ4v) is 3.40. The van der Waals surface area contributed by atoms with Crippen LogP contribution in [0.5, 0.6) is 5.75 Å². The van der Waals surface area contributed by atoms with Gasteiger partial charge in [-0.2, -0.15) is 13.2 Å². The van der Waals surface area contributed by atoms with E-state index in [4.69, 9.17) is 9.47 Å². The Morgan fingerprint density at radius 1 is 1.08 bits per heavy atom. The maximum atomic E-state index is 13.1. The fourth-order valence-electron chi connectivity index (χ4n) is 2.48. The van der Waals surface area contributed by atoms with E-state index in [1.807, 2.05) is 24.3 Å². The van der Waals surface area contributed by atoms with Crippen LogP contribution in [0.2, 0.25) is 0 Å². The van der Waals surface area contributed by atoms with E-state index in [-0.39, 0.29) is 6.61 Å². The summed E-state index contributed by atoms with van der Waals surface area (Å²) in [5, 5.41) is 0.728. The minimum Gasteiger partial charge on any atom is -0.497 e. The largest absolute Gasteiger partial charge is 0.497 e. The van der Waals surface area contributed by atoms with Crippen LogP contribution in [0.25, 0.3) is 10.2 Å². The molecule has 132 valence electrons. The molecule has 3 rings (SSSR count). The molecule has 0 bridgehead atoms. The van der Waals surface area contributed by atoms with E-state index in [0.29, 0.717) is 22.4 Å². The topological polar surface area (TPSA) is 31.4 Å². The highest BCUT2D eigenvalue weighted by Crippen LogP contribution is 2.35. The number of aryl methyl sites for hydroxylation is 1. The number of benzene rings is 2. The van der Waals surface area contributed by atoms with Crippen LogP contribution in [0.4, 0.5) is 13.2 Å². The van der Waals surface area contributed by atoms with Gasteiger partial charge in [0.25, 0.3) is 0 Å². The smallest absolute Gasteiger partial charge is 0.416 e. The molecule has 0 fully saturated rings.